The molecule has 0 bridgehead atoms. The predicted octanol–water partition coefficient (Wildman–Crippen LogP) is 4.26. The second-order valence-corrected chi connectivity index (χ2v) is 7.55. The lowest BCUT2D eigenvalue weighted by atomic mass is 10.1. The number of rotatable bonds is 9. The van der Waals surface area contributed by atoms with Crippen LogP contribution in [0.4, 0.5) is 5.69 Å². The highest BCUT2D eigenvalue weighted by Gasteiger charge is 2.22. The summed E-state index contributed by atoms with van der Waals surface area (Å²) in [4.78, 5) is 33.5. The normalized spacial score (nSPS) is 10.8. The Morgan fingerprint density at radius 3 is 2.43 bits per heavy atom. The first kappa shape index (κ1) is 22.1. The Bertz CT molecular complexity index is 835. The summed E-state index contributed by atoms with van der Waals surface area (Å²) in [6.45, 7) is 7.81. The van der Waals surface area contributed by atoms with E-state index in [4.69, 9.17) is 4.74 Å². The van der Waals surface area contributed by atoms with Crippen LogP contribution in [0.2, 0.25) is 0 Å². The smallest absolute Gasteiger partial charge is 0.341 e. The highest BCUT2D eigenvalue weighted by Crippen LogP contribution is 2.31. The minimum Gasteiger partial charge on any atom is -0.462 e. The van der Waals surface area contributed by atoms with Crippen molar-refractivity contribution in [3.8, 4) is 0 Å². The predicted molar refractivity (Wildman–Crippen MR) is 116 cm³/mol. The molecule has 1 heterocycles. The number of esters is 1. The van der Waals surface area contributed by atoms with E-state index in [1.165, 1.54) is 6.20 Å². The number of nitrogens with zero attached hydrogens (tertiary/aromatic N) is 3. The van der Waals surface area contributed by atoms with Crippen LogP contribution in [0.3, 0.4) is 0 Å². The molecule has 1 aromatic carbocycles. The Balaban J connectivity index is 2.46. The van der Waals surface area contributed by atoms with Crippen molar-refractivity contribution in [2.24, 2.45) is 0 Å². The third kappa shape index (κ3) is 5.22. The van der Waals surface area contributed by atoms with E-state index in [1.807, 2.05) is 35.0 Å². The number of pyridine rings is 1. The molecule has 0 aliphatic rings. The van der Waals surface area contributed by atoms with E-state index < -0.39 is 5.97 Å². The monoisotopic (exact) mass is 449 g/mol. The molecule has 6 nitrogen and oxygen atoms in total. The second-order valence-electron chi connectivity index (χ2n) is 6.64. The Labute approximate surface area is 175 Å². The molecule has 0 aliphatic carbocycles. The standard InChI is InChI=1S/C21H28BrN3O3/c1-5-10-25(11-6-2)19(26)14-24(4)20-16-12-15(22)8-9-18(16)23-13-17(20)21(27)28-7-3/h8-9,12-13H,5-7,10-11,14H2,1-4H3. The first-order valence-electron chi connectivity index (χ1n) is 9.67. The maximum absolute atomic E-state index is 12.9. The molecule has 0 unspecified atom stereocenters. The van der Waals surface area contributed by atoms with E-state index in [9.17, 15) is 9.59 Å². The van der Waals surface area contributed by atoms with Gasteiger partial charge in [-0.3, -0.25) is 9.78 Å². The number of aromatic nitrogens is 1. The molecule has 0 fully saturated rings. The average molecular weight is 450 g/mol. The van der Waals surface area contributed by atoms with Gasteiger partial charge < -0.3 is 14.5 Å². The van der Waals surface area contributed by atoms with Crippen molar-refractivity contribution >= 4 is 44.4 Å². The Morgan fingerprint density at radius 2 is 1.82 bits per heavy atom. The van der Waals surface area contributed by atoms with Crippen LogP contribution in [0.15, 0.2) is 28.9 Å². The molecule has 1 amide bonds. The van der Waals surface area contributed by atoms with Gasteiger partial charge in [0, 0.05) is 36.2 Å². The summed E-state index contributed by atoms with van der Waals surface area (Å²) in [5.41, 5.74) is 1.77. The Kier molecular flexibility index (Phi) is 8.23. The summed E-state index contributed by atoms with van der Waals surface area (Å²) in [6.07, 6.45) is 3.35. The number of likely N-dealkylation sites (N-methyl/N-ethyl adjacent to an activating group) is 1. The zero-order chi connectivity index (χ0) is 20.7. The fourth-order valence-corrected chi connectivity index (χ4v) is 3.56. The largest absolute Gasteiger partial charge is 0.462 e. The number of hydrogen-bond acceptors (Lipinski definition) is 5. The first-order chi connectivity index (χ1) is 13.4. The van der Waals surface area contributed by atoms with E-state index in [0.717, 1.165) is 41.3 Å². The number of benzene rings is 1. The average Bonchev–Trinajstić information content (AvgIpc) is 2.66. The number of amides is 1. The van der Waals surface area contributed by atoms with Gasteiger partial charge in [0.2, 0.25) is 5.91 Å². The molecule has 0 saturated heterocycles. The molecule has 0 aliphatic heterocycles. The van der Waals surface area contributed by atoms with E-state index in [2.05, 4.69) is 34.8 Å². The third-order valence-electron chi connectivity index (χ3n) is 4.39. The highest BCUT2D eigenvalue weighted by atomic mass is 79.9. The van der Waals surface area contributed by atoms with Gasteiger partial charge in [0.15, 0.2) is 0 Å². The van der Waals surface area contributed by atoms with Gasteiger partial charge >= 0.3 is 5.97 Å². The molecule has 0 saturated carbocycles. The van der Waals surface area contributed by atoms with Gasteiger partial charge in [-0.1, -0.05) is 29.8 Å². The number of carbonyl (C=O) groups is 2. The third-order valence-corrected chi connectivity index (χ3v) is 4.88. The minimum absolute atomic E-state index is 0.0426. The zero-order valence-electron chi connectivity index (χ0n) is 17.0. The molecule has 1 aromatic heterocycles. The van der Waals surface area contributed by atoms with E-state index >= 15 is 0 Å². The van der Waals surface area contributed by atoms with Crippen LogP contribution in [-0.4, -0.2) is 55.0 Å². The lowest BCUT2D eigenvalue weighted by Crippen LogP contribution is -2.40. The van der Waals surface area contributed by atoms with Crippen LogP contribution in [0.5, 0.6) is 0 Å². The quantitative estimate of drug-likeness (QED) is 0.535. The van der Waals surface area contributed by atoms with Crippen LogP contribution in [0, 0.1) is 0 Å². The second kappa shape index (κ2) is 10.4. The van der Waals surface area contributed by atoms with Crippen molar-refractivity contribution in [3.63, 3.8) is 0 Å². The van der Waals surface area contributed by atoms with E-state index in [1.54, 1.807) is 6.92 Å². The molecular weight excluding hydrogens is 422 g/mol. The van der Waals surface area contributed by atoms with Crippen LogP contribution in [-0.2, 0) is 9.53 Å². The topological polar surface area (TPSA) is 62.7 Å². The summed E-state index contributed by atoms with van der Waals surface area (Å²) in [5.74, 6) is -0.397. The van der Waals surface area contributed by atoms with Gasteiger partial charge in [0.25, 0.3) is 0 Å². The number of ether oxygens (including phenoxy) is 1. The van der Waals surface area contributed by atoms with Gasteiger partial charge in [-0.05, 0) is 38.0 Å². The van der Waals surface area contributed by atoms with Crippen molar-refractivity contribution in [2.75, 3.05) is 38.2 Å². The minimum atomic E-state index is -0.440. The van der Waals surface area contributed by atoms with Gasteiger partial charge in [0.1, 0.15) is 5.56 Å². The summed E-state index contributed by atoms with van der Waals surface area (Å²) >= 11 is 3.49. The maximum Gasteiger partial charge on any atom is 0.341 e. The summed E-state index contributed by atoms with van der Waals surface area (Å²) in [6, 6.07) is 5.70. The molecule has 2 aromatic rings. The van der Waals surface area contributed by atoms with Gasteiger partial charge in [-0.25, -0.2) is 4.79 Å². The fraction of sp³-hybridized carbons (Fsp3) is 0.476. The molecular formula is C21H28BrN3O3. The molecule has 0 radical (unpaired) electrons. The molecule has 7 heteroatoms. The van der Waals surface area contributed by atoms with Crippen molar-refractivity contribution in [1.29, 1.82) is 0 Å². The van der Waals surface area contributed by atoms with Gasteiger partial charge in [-0.2, -0.15) is 0 Å². The Hall–Kier alpha value is -2.15. The fourth-order valence-electron chi connectivity index (χ4n) is 3.20. The lowest BCUT2D eigenvalue weighted by molar-refractivity contribution is -0.129. The molecule has 0 N–H and O–H groups in total. The molecule has 28 heavy (non-hydrogen) atoms. The first-order valence-corrected chi connectivity index (χ1v) is 10.5. The summed E-state index contributed by atoms with van der Waals surface area (Å²) in [7, 11) is 1.83. The number of anilines is 1. The van der Waals surface area contributed by atoms with E-state index in [-0.39, 0.29) is 19.1 Å². The molecule has 0 atom stereocenters. The lowest BCUT2D eigenvalue weighted by Gasteiger charge is -2.27. The number of halogens is 1. The maximum atomic E-state index is 12.9. The van der Waals surface area contributed by atoms with Crippen molar-refractivity contribution in [1.82, 2.24) is 9.88 Å². The van der Waals surface area contributed by atoms with E-state index in [0.29, 0.717) is 11.3 Å². The number of hydrogen-bond donors (Lipinski definition) is 0. The number of carbonyl (C=O) groups excluding carboxylic acids is 2. The molecule has 2 rings (SSSR count). The van der Waals surface area contributed by atoms with Crippen molar-refractivity contribution in [2.45, 2.75) is 33.6 Å². The van der Waals surface area contributed by atoms with Crippen molar-refractivity contribution < 1.29 is 14.3 Å². The zero-order valence-corrected chi connectivity index (χ0v) is 18.6. The Morgan fingerprint density at radius 1 is 1.14 bits per heavy atom. The SMILES string of the molecule is CCCN(CCC)C(=O)CN(C)c1c(C(=O)OCC)cnc2ccc(Br)cc12. The summed E-state index contributed by atoms with van der Waals surface area (Å²) < 4.78 is 6.09. The van der Waals surface area contributed by atoms with Crippen LogP contribution in [0.1, 0.15) is 44.0 Å². The summed E-state index contributed by atoms with van der Waals surface area (Å²) in [5, 5.41) is 0.799. The number of fused-ring (bicyclic) bond motifs is 1. The van der Waals surface area contributed by atoms with Crippen LogP contribution < -0.4 is 4.90 Å². The van der Waals surface area contributed by atoms with Crippen molar-refractivity contribution in [3.05, 3.63) is 34.4 Å². The van der Waals surface area contributed by atoms with Crippen LogP contribution in [0.25, 0.3) is 10.9 Å². The van der Waals surface area contributed by atoms with Gasteiger partial charge in [0.05, 0.1) is 24.4 Å². The highest BCUT2D eigenvalue weighted by molar-refractivity contribution is 9.10. The molecule has 0 spiro atoms. The van der Waals surface area contributed by atoms with Gasteiger partial charge in [-0.15, -0.1) is 0 Å². The van der Waals surface area contributed by atoms with Crippen LogP contribution >= 0.6 is 15.9 Å². The molecule has 152 valence electrons.